The Labute approximate surface area is 173 Å². The zero-order chi connectivity index (χ0) is 19.9. The average molecular weight is 446 g/mol. The van der Waals surface area contributed by atoms with E-state index >= 15 is 0 Å². The molecule has 148 valence electrons. The maximum atomic E-state index is 12.8. The third-order valence-corrected chi connectivity index (χ3v) is 5.22. The Morgan fingerprint density at radius 2 is 1.89 bits per heavy atom. The van der Waals surface area contributed by atoms with Gasteiger partial charge in [-0.1, -0.05) is 34.1 Å². The van der Waals surface area contributed by atoms with Crippen LogP contribution in [0.15, 0.2) is 53.0 Å². The Bertz CT molecular complexity index is 835. The Kier molecular flexibility index (Phi) is 7.06. The second-order valence-corrected chi connectivity index (χ2v) is 7.67. The first-order valence-electron chi connectivity index (χ1n) is 9.31. The van der Waals surface area contributed by atoms with Crippen molar-refractivity contribution in [3.05, 3.63) is 58.6 Å². The number of nitrogens with zero attached hydrogens (tertiary/aromatic N) is 1. The van der Waals surface area contributed by atoms with Gasteiger partial charge < -0.3 is 15.4 Å². The van der Waals surface area contributed by atoms with E-state index in [1.165, 1.54) is 0 Å². The number of amides is 2. The van der Waals surface area contributed by atoms with Gasteiger partial charge in [0.1, 0.15) is 11.5 Å². The molecule has 2 N–H and O–H groups in total. The van der Waals surface area contributed by atoms with E-state index in [1.54, 1.807) is 19.2 Å². The highest BCUT2D eigenvalue weighted by Gasteiger charge is 2.23. The molecule has 0 saturated carbocycles. The van der Waals surface area contributed by atoms with E-state index in [0.717, 1.165) is 30.4 Å². The number of likely N-dealkylation sites (tertiary alicyclic amines) is 1. The summed E-state index contributed by atoms with van der Waals surface area (Å²) in [6, 6.07) is 14.8. The Morgan fingerprint density at radius 3 is 2.61 bits per heavy atom. The van der Waals surface area contributed by atoms with Crippen molar-refractivity contribution in [2.45, 2.75) is 18.9 Å². The number of halogens is 1. The number of carbonyl (C=O) groups excluding carboxylic acids is 2. The summed E-state index contributed by atoms with van der Waals surface area (Å²) in [7, 11) is 1.64. The van der Waals surface area contributed by atoms with Crippen molar-refractivity contribution >= 4 is 27.7 Å². The van der Waals surface area contributed by atoms with Gasteiger partial charge in [0.25, 0.3) is 5.91 Å². The standard InChI is InChI=1S/C21H24BrN3O3/c1-23-20(26)14-25-11-9-16(10-12-25)24-21(27)18-7-2-3-8-19(18)28-17-6-4-5-15(22)13-17/h2-8,13,16H,9-12,14H2,1H3,(H,23,26)(H,24,27). The van der Waals surface area contributed by atoms with Gasteiger partial charge in [0.05, 0.1) is 12.1 Å². The molecule has 7 heteroatoms. The minimum Gasteiger partial charge on any atom is -0.456 e. The molecule has 1 saturated heterocycles. The minimum atomic E-state index is -0.143. The van der Waals surface area contributed by atoms with Crippen molar-refractivity contribution in [3.63, 3.8) is 0 Å². The van der Waals surface area contributed by atoms with Crippen LogP contribution >= 0.6 is 15.9 Å². The van der Waals surface area contributed by atoms with Crippen molar-refractivity contribution < 1.29 is 14.3 Å². The molecule has 1 fully saturated rings. The first kappa shape index (κ1) is 20.4. The molecular formula is C21H24BrN3O3. The molecule has 2 aromatic carbocycles. The normalized spacial score (nSPS) is 15.1. The number of hydrogen-bond donors (Lipinski definition) is 2. The molecule has 3 rings (SSSR count). The number of para-hydroxylation sites is 1. The fourth-order valence-electron chi connectivity index (χ4n) is 3.18. The largest absolute Gasteiger partial charge is 0.456 e. The van der Waals surface area contributed by atoms with Crippen LogP contribution in [0.4, 0.5) is 0 Å². The van der Waals surface area contributed by atoms with Crippen LogP contribution in [0.3, 0.4) is 0 Å². The Balaban J connectivity index is 1.60. The molecule has 6 nitrogen and oxygen atoms in total. The van der Waals surface area contributed by atoms with Crippen molar-refractivity contribution in [3.8, 4) is 11.5 Å². The number of hydrogen-bond acceptors (Lipinski definition) is 4. The molecule has 28 heavy (non-hydrogen) atoms. The molecule has 0 unspecified atom stereocenters. The van der Waals surface area contributed by atoms with Crippen LogP contribution in [0.5, 0.6) is 11.5 Å². The van der Waals surface area contributed by atoms with E-state index in [0.29, 0.717) is 23.6 Å². The van der Waals surface area contributed by atoms with E-state index in [4.69, 9.17) is 4.74 Å². The number of carbonyl (C=O) groups is 2. The van der Waals surface area contributed by atoms with E-state index in [-0.39, 0.29) is 17.9 Å². The molecule has 0 atom stereocenters. The average Bonchev–Trinajstić information content (AvgIpc) is 2.70. The molecular weight excluding hydrogens is 422 g/mol. The first-order valence-corrected chi connectivity index (χ1v) is 10.1. The van der Waals surface area contributed by atoms with Crippen molar-refractivity contribution in [1.29, 1.82) is 0 Å². The predicted octanol–water partition coefficient (Wildman–Crippen LogP) is 3.18. The van der Waals surface area contributed by atoms with E-state index < -0.39 is 0 Å². The second kappa shape index (κ2) is 9.71. The molecule has 2 amide bonds. The van der Waals surface area contributed by atoms with Crippen LogP contribution in [0.2, 0.25) is 0 Å². The zero-order valence-electron chi connectivity index (χ0n) is 15.8. The van der Waals surface area contributed by atoms with E-state index in [9.17, 15) is 9.59 Å². The molecule has 1 aliphatic rings. The van der Waals surface area contributed by atoms with Gasteiger partial charge in [-0.25, -0.2) is 0 Å². The van der Waals surface area contributed by atoms with Gasteiger partial charge in [0, 0.05) is 30.7 Å². The van der Waals surface area contributed by atoms with Gasteiger partial charge in [-0.05, 0) is 43.2 Å². The van der Waals surface area contributed by atoms with Crippen LogP contribution in [0, 0.1) is 0 Å². The van der Waals surface area contributed by atoms with Crippen LogP contribution in [-0.4, -0.2) is 49.4 Å². The highest BCUT2D eigenvalue weighted by molar-refractivity contribution is 9.10. The summed E-state index contributed by atoms with van der Waals surface area (Å²) in [4.78, 5) is 26.4. The van der Waals surface area contributed by atoms with E-state index in [1.807, 2.05) is 36.4 Å². The van der Waals surface area contributed by atoms with Crippen LogP contribution < -0.4 is 15.4 Å². The Hall–Kier alpha value is -2.38. The van der Waals surface area contributed by atoms with E-state index in [2.05, 4.69) is 31.5 Å². The monoisotopic (exact) mass is 445 g/mol. The summed E-state index contributed by atoms with van der Waals surface area (Å²) in [6.07, 6.45) is 1.63. The molecule has 1 aliphatic heterocycles. The third-order valence-electron chi connectivity index (χ3n) is 4.72. The highest BCUT2D eigenvalue weighted by Crippen LogP contribution is 2.27. The smallest absolute Gasteiger partial charge is 0.255 e. The molecule has 0 spiro atoms. The fraction of sp³-hybridized carbons (Fsp3) is 0.333. The quantitative estimate of drug-likeness (QED) is 0.715. The summed E-state index contributed by atoms with van der Waals surface area (Å²) in [5.41, 5.74) is 0.510. The lowest BCUT2D eigenvalue weighted by atomic mass is 10.0. The molecule has 2 aromatic rings. The molecule has 0 radical (unpaired) electrons. The van der Waals surface area contributed by atoms with Gasteiger partial charge in [0.2, 0.25) is 5.91 Å². The number of rotatable bonds is 6. The molecule has 0 aliphatic carbocycles. The maximum Gasteiger partial charge on any atom is 0.255 e. The van der Waals surface area contributed by atoms with Crippen molar-refractivity contribution in [2.75, 3.05) is 26.7 Å². The number of benzene rings is 2. The molecule has 0 aromatic heterocycles. The van der Waals surface area contributed by atoms with Gasteiger partial charge in [-0.15, -0.1) is 0 Å². The maximum absolute atomic E-state index is 12.8. The van der Waals surface area contributed by atoms with Crippen molar-refractivity contribution in [2.24, 2.45) is 0 Å². The highest BCUT2D eigenvalue weighted by atomic mass is 79.9. The van der Waals surface area contributed by atoms with Gasteiger partial charge in [-0.3, -0.25) is 14.5 Å². The van der Waals surface area contributed by atoms with Gasteiger partial charge in [0.15, 0.2) is 0 Å². The zero-order valence-corrected chi connectivity index (χ0v) is 17.4. The third kappa shape index (κ3) is 5.56. The summed E-state index contributed by atoms with van der Waals surface area (Å²) in [5, 5.41) is 5.74. The summed E-state index contributed by atoms with van der Waals surface area (Å²) >= 11 is 3.42. The predicted molar refractivity (Wildman–Crippen MR) is 112 cm³/mol. The number of likely N-dealkylation sites (N-methyl/N-ethyl adjacent to an activating group) is 1. The number of piperidine rings is 1. The lowest BCUT2D eigenvalue weighted by Gasteiger charge is -2.31. The minimum absolute atomic E-state index is 0.0149. The number of nitrogens with one attached hydrogen (secondary N) is 2. The molecule has 0 bridgehead atoms. The summed E-state index contributed by atoms with van der Waals surface area (Å²) in [5.74, 6) is 1.06. The first-order chi connectivity index (χ1) is 13.5. The lowest BCUT2D eigenvalue weighted by Crippen LogP contribution is -2.47. The second-order valence-electron chi connectivity index (χ2n) is 6.75. The van der Waals surface area contributed by atoms with Crippen LogP contribution in [0.1, 0.15) is 23.2 Å². The fourth-order valence-corrected chi connectivity index (χ4v) is 3.56. The van der Waals surface area contributed by atoms with Gasteiger partial charge >= 0.3 is 0 Å². The van der Waals surface area contributed by atoms with Gasteiger partial charge in [-0.2, -0.15) is 0 Å². The molecule has 1 heterocycles. The topological polar surface area (TPSA) is 70.7 Å². The number of ether oxygens (including phenoxy) is 1. The summed E-state index contributed by atoms with van der Waals surface area (Å²) < 4.78 is 6.84. The SMILES string of the molecule is CNC(=O)CN1CCC(NC(=O)c2ccccc2Oc2cccc(Br)c2)CC1. The Morgan fingerprint density at radius 1 is 1.14 bits per heavy atom. The lowest BCUT2D eigenvalue weighted by molar-refractivity contribution is -0.122. The summed E-state index contributed by atoms with van der Waals surface area (Å²) in [6.45, 7) is 1.98. The van der Waals surface area contributed by atoms with Crippen LogP contribution in [-0.2, 0) is 4.79 Å². The van der Waals surface area contributed by atoms with Crippen LogP contribution in [0.25, 0.3) is 0 Å². The van der Waals surface area contributed by atoms with Crippen molar-refractivity contribution in [1.82, 2.24) is 15.5 Å².